The number of aromatic nitrogens is 3. The highest BCUT2D eigenvalue weighted by molar-refractivity contribution is 7.13. The van der Waals surface area contributed by atoms with Gasteiger partial charge in [-0.3, -0.25) is 4.79 Å². The quantitative estimate of drug-likeness (QED) is 0.457. The average molecular weight is 452 g/mol. The molecule has 5 rings (SSSR count). The number of nitrogens with one attached hydrogen (secondary N) is 1. The van der Waals surface area contributed by atoms with Crippen molar-refractivity contribution in [2.75, 3.05) is 23.3 Å². The summed E-state index contributed by atoms with van der Waals surface area (Å²) in [6.07, 6.45) is 2.05. The van der Waals surface area contributed by atoms with Crippen LogP contribution in [0.15, 0.2) is 60.0 Å². The van der Waals surface area contributed by atoms with Crippen molar-refractivity contribution in [2.24, 2.45) is 0 Å². The van der Waals surface area contributed by atoms with E-state index in [9.17, 15) is 13.6 Å². The molecule has 1 aliphatic heterocycles. The van der Waals surface area contributed by atoms with Crippen molar-refractivity contribution in [3.05, 3.63) is 77.4 Å². The second-order valence-electron chi connectivity index (χ2n) is 7.41. The van der Waals surface area contributed by atoms with E-state index in [1.165, 1.54) is 34.2 Å². The van der Waals surface area contributed by atoms with Crippen LogP contribution in [0.3, 0.4) is 0 Å². The highest BCUT2D eigenvalue weighted by Crippen LogP contribution is 2.32. The molecule has 1 aliphatic rings. The van der Waals surface area contributed by atoms with Crippen LogP contribution in [0, 0.1) is 11.6 Å². The number of hydrogen-bond acceptors (Lipinski definition) is 5. The summed E-state index contributed by atoms with van der Waals surface area (Å²) >= 11 is 1.44. The SMILES string of the molecule is O=C(Nc1c(F)cccc1N1CCCC1)c1nc(-c2cccs2)n(-c2ccc(F)cc2)n1. The van der Waals surface area contributed by atoms with E-state index in [4.69, 9.17) is 0 Å². The summed E-state index contributed by atoms with van der Waals surface area (Å²) in [4.78, 5) is 20.3. The summed E-state index contributed by atoms with van der Waals surface area (Å²) in [7, 11) is 0. The number of benzene rings is 2. The summed E-state index contributed by atoms with van der Waals surface area (Å²) in [5.74, 6) is -1.16. The predicted octanol–water partition coefficient (Wildman–Crippen LogP) is 5.13. The van der Waals surface area contributed by atoms with Gasteiger partial charge in [-0.1, -0.05) is 12.1 Å². The number of carbonyl (C=O) groups is 1. The molecule has 0 unspecified atom stereocenters. The van der Waals surface area contributed by atoms with E-state index in [-0.39, 0.29) is 17.3 Å². The lowest BCUT2D eigenvalue weighted by Crippen LogP contribution is -2.22. The highest BCUT2D eigenvalue weighted by atomic mass is 32.1. The van der Waals surface area contributed by atoms with E-state index in [0.717, 1.165) is 30.8 Å². The lowest BCUT2D eigenvalue weighted by molar-refractivity contribution is 0.101. The van der Waals surface area contributed by atoms with E-state index in [2.05, 4.69) is 20.3 Å². The average Bonchev–Trinajstić information content (AvgIpc) is 3.56. The molecule has 3 heterocycles. The Morgan fingerprint density at radius 2 is 1.78 bits per heavy atom. The number of anilines is 2. The molecule has 1 fully saturated rings. The first kappa shape index (κ1) is 20.3. The number of para-hydroxylation sites is 1. The molecule has 0 aliphatic carbocycles. The first-order chi connectivity index (χ1) is 15.6. The van der Waals surface area contributed by atoms with Crippen LogP contribution in [0.4, 0.5) is 20.2 Å². The van der Waals surface area contributed by atoms with Crippen molar-refractivity contribution >= 4 is 28.6 Å². The fourth-order valence-corrected chi connectivity index (χ4v) is 4.46. The molecule has 0 saturated carbocycles. The molecule has 0 bridgehead atoms. The van der Waals surface area contributed by atoms with Gasteiger partial charge in [-0.25, -0.2) is 18.4 Å². The number of rotatable bonds is 5. The number of amides is 1. The zero-order valence-corrected chi connectivity index (χ0v) is 17.8. The topological polar surface area (TPSA) is 63.1 Å². The monoisotopic (exact) mass is 451 g/mol. The Labute approximate surface area is 187 Å². The minimum absolute atomic E-state index is 0.103. The number of thiophene rings is 1. The summed E-state index contributed by atoms with van der Waals surface area (Å²) < 4.78 is 29.6. The third-order valence-electron chi connectivity index (χ3n) is 5.30. The van der Waals surface area contributed by atoms with Gasteiger partial charge < -0.3 is 10.2 Å². The van der Waals surface area contributed by atoms with Crippen LogP contribution < -0.4 is 10.2 Å². The van der Waals surface area contributed by atoms with Crippen molar-refractivity contribution in [3.63, 3.8) is 0 Å². The predicted molar refractivity (Wildman–Crippen MR) is 120 cm³/mol. The smallest absolute Gasteiger partial charge is 0.295 e. The maximum atomic E-state index is 14.7. The second kappa shape index (κ2) is 8.51. The van der Waals surface area contributed by atoms with E-state index in [0.29, 0.717) is 17.2 Å². The van der Waals surface area contributed by atoms with Crippen molar-refractivity contribution in [1.82, 2.24) is 14.8 Å². The van der Waals surface area contributed by atoms with Gasteiger partial charge in [0, 0.05) is 13.1 Å². The van der Waals surface area contributed by atoms with Crippen LogP contribution in [-0.4, -0.2) is 33.8 Å². The molecule has 6 nitrogen and oxygen atoms in total. The largest absolute Gasteiger partial charge is 0.370 e. The van der Waals surface area contributed by atoms with E-state index >= 15 is 0 Å². The number of hydrogen-bond donors (Lipinski definition) is 1. The highest BCUT2D eigenvalue weighted by Gasteiger charge is 2.24. The number of carbonyl (C=O) groups excluding carboxylic acids is 1. The van der Waals surface area contributed by atoms with Crippen molar-refractivity contribution in [1.29, 1.82) is 0 Å². The van der Waals surface area contributed by atoms with Gasteiger partial charge in [-0.2, -0.15) is 0 Å². The minimum Gasteiger partial charge on any atom is -0.370 e. The molecule has 1 saturated heterocycles. The molecular formula is C23H19F2N5OS. The molecule has 0 radical (unpaired) electrons. The molecule has 1 amide bonds. The van der Waals surface area contributed by atoms with Crippen LogP contribution in [-0.2, 0) is 0 Å². The Hall–Kier alpha value is -3.59. The molecule has 2 aromatic carbocycles. The number of nitrogens with zero attached hydrogens (tertiary/aromatic N) is 4. The van der Waals surface area contributed by atoms with Gasteiger partial charge in [-0.05, 0) is 60.7 Å². The maximum Gasteiger partial charge on any atom is 0.295 e. The Morgan fingerprint density at radius 1 is 1.00 bits per heavy atom. The van der Waals surface area contributed by atoms with Crippen LogP contribution in [0.1, 0.15) is 23.5 Å². The third-order valence-corrected chi connectivity index (χ3v) is 6.17. The lowest BCUT2D eigenvalue weighted by Gasteiger charge is -2.21. The summed E-state index contributed by atoms with van der Waals surface area (Å²) in [6, 6.07) is 14.2. The van der Waals surface area contributed by atoms with Gasteiger partial charge in [0.2, 0.25) is 5.82 Å². The maximum absolute atomic E-state index is 14.7. The molecule has 0 atom stereocenters. The van der Waals surface area contributed by atoms with E-state index in [1.54, 1.807) is 24.3 Å². The van der Waals surface area contributed by atoms with E-state index in [1.807, 2.05) is 17.5 Å². The Morgan fingerprint density at radius 3 is 2.50 bits per heavy atom. The van der Waals surface area contributed by atoms with Crippen molar-refractivity contribution in [3.8, 4) is 16.4 Å². The molecule has 9 heteroatoms. The van der Waals surface area contributed by atoms with Crippen LogP contribution in [0.5, 0.6) is 0 Å². The first-order valence-electron chi connectivity index (χ1n) is 10.2. The van der Waals surface area contributed by atoms with Gasteiger partial charge in [0.05, 0.1) is 16.3 Å². The van der Waals surface area contributed by atoms with E-state index < -0.39 is 11.7 Å². The molecule has 32 heavy (non-hydrogen) atoms. The van der Waals surface area contributed by atoms with Gasteiger partial charge >= 0.3 is 0 Å². The normalized spacial score (nSPS) is 13.5. The second-order valence-corrected chi connectivity index (χ2v) is 8.35. The van der Waals surface area contributed by atoms with Crippen molar-refractivity contribution in [2.45, 2.75) is 12.8 Å². The fourth-order valence-electron chi connectivity index (χ4n) is 3.76. The molecule has 0 spiro atoms. The Balaban J connectivity index is 1.51. The Kier molecular flexibility index (Phi) is 5.40. The van der Waals surface area contributed by atoms with Crippen molar-refractivity contribution < 1.29 is 13.6 Å². The molecule has 162 valence electrons. The molecule has 4 aromatic rings. The Bertz CT molecular complexity index is 1250. The van der Waals surface area contributed by atoms with Gasteiger partial charge in [0.1, 0.15) is 17.3 Å². The van der Waals surface area contributed by atoms with Gasteiger partial charge in [0.25, 0.3) is 5.91 Å². The molecule has 1 N–H and O–H groups in total. The minimum atomic E-state index is -0.616. The van der Waals surface area contributed by atoms with Crippen LogP contribution in [0.25, 0.3) is 16.4 Å². The fraction of sp³-hybridized carbons (Fsp3) is 0.174. The van der Waals surface area contributed by atoms with Gasteiger partial charge in [0.15, 0.2) is 5.82 Å². The lowest BCUT2D eigenvalue weighted by atomic mass is 10.2. The summed E-state index contributed by atoms with van der Waals surface area (Å²) in [5, 5.41) is 8.92. The standard InChI is InChI=1S/C23H19F2N5OS/c24-15-8-10-16(11-9-15)30-22(19-7-4-14-32-19)27-21(28-30)23(31)26-20-17(25)5-3-6-18(20)29-12-1-2-13-29/h3-11,14H,1-2,12-13H2,(H,26,31). The summed E-state index contributed by atoms with van der Waals surface area (Å²) in [6.45, 7) is 1.62. The van der Waals surface area contributed by atoms with Gasteiger partial charge in [-0.15, -0.1) is 16.4 Å². The first-order valence-corrected chi connectivity index (χ1v) is 11.1. The zero-order valence-electron chi connectivity index (χ0n) is 17.0. The number of halogens is 2. The third kappa shape index (κ3) is 3.87. The molecular weight excluding hydrogens is 432 g/mol. The van der Waals surface area contributed by atoms with Crippen LogP contribution in [0.2, 0.25) is 0 Å². The van der Waals surface area contributed by atoms with Crippen LogP contribution >= 0.6 is 11.3 Å². The summed E-state index contributed by atoms with van der Waals surface area (Å²) in [5.41, 5.74) is 1.33. The zero-order chi connectivity index (χ0) is 22.1. The molecule has 2 aromatic heterocycles.